The zero-order valence-corrected chi connectivity index (χ0v) is 13.0. The Kier molecular flexibility index (Phi) is 20.9. The molecule has 1 rings (SSSR count). The van der Waals surface area contributed by atoms with E-state index in [0.717, 1.165) is 17.8 Å². The van der Waals surface area contributed by atoms with E-state index in [1.54, 1.807) is 0 Å². The molecule has 0 bridgehead atoms. The van der Waals surface area contributed by atoms with Gasteiger partial charge in [0, 0.05) is 0 Å². The Morgan fingerprint density at radius 1 is 0.824 bits per heavy atom. The molecule has 0 nitrogen and oxygen atoms in total. The van der Waals surface area contributed by atoms with E-state index in [1.807, 2.05) is 27.7 Å². The topological polar surface area (TPSA) is 0 Å². The van der Waals surface area contributed by atoms with Gasteiger partial charge in [0.15, 0.2) is 0 Å². The van der Waals surface area contributed by atoms with Crippen molar-refractivity contribution in [1.82, 2.24) is 0 Å². The van der Waals surface area contributed by atoms with Crippen LogP contribution < -0.4 is 0 Å². The van der Waals surface area contributed by atoms with Crippen LogP contribution in [0.3, 0.4) is 0 Å². The molecule has 0 spiro atoms. The van der Waals surface area contributed by atoms with Gasteiger partial charge in [-0.2, -0.15) is 0 Å². The third-order valence-corrected chi connectivity index (χ3v) is 3.35. The molecule has 0 aliphatic heterocycles. The van der Waals surface area contributed by atoms with Crippen LogP contribution in [0.5, 0.6) is 0 Å². The Balaban J connectivity index is -0.000000355. The van der Waals surface area contributed by atoms with Gasteiger partial charge < -0.3 is 0 Å². The third kappa shape index (κ3) is 12.2. The van der Waals surface area contributed by atoms with Crippen molar-refractivity contribution in [2.75, 3.05) is 0 Å². The van der Waals surface area contributed by atoms with Crippen LogP contribution in [-0.2, 0) is 0 Å². The first kappa shape index (κ1) is 22.2. The van der Waals surface area contributed by atoms with Gasteiger partial charge in [0.1, 0.15) is 0 Å². The molecule has 0 amide bonds. The average Bonchev–Trinajstić information content (AvgIpc) is 2.34. The summed E-state index contributed by atoms with van der Waals surface area (Å²) in [6.07, 6.45) is 8.92. The highest BCUT2D eigenvalue weighted by atomic mass is 14.3. The van der Waals surface area contributed by atoms with Crippen LogP contribution in [-0.4, -0.2) is 0 Å². The maximum atomic E-state index is 2.35. The SMILES string of the molecule is C.CC.CC.CCC1CCC(CC(C)C)CC1. The Bertz CT molecular complexity index is 107. The monoisotopic (exact) mass is 244 g/mol. The molecular formula is C17H40. The lowest BCUT2D eigenvalue weighted by Gasteiger charge is -2.28. The molecule has 1 fully saturated rings. The first-order chi connectivity index (χ1) is 7.72. The lowest BCUT2D eigenvalue weighted by Crippen LogP contribution is -2.15. The average molecular weight is 245 g/mol. The fraction of sp³-hybridized carbons (Fsp3) is 1.00. The van der Waals surface area contributed by atoms with Crippen molar-refractivity contribution in [2.24, 2.45) is 17.8 Å². The Morgan fingerprint density at radius 3 is 1.47 bits per heavy atom. The molecule has 1 aliphatic rings. The van der Waals surface area contributed by atoms with E-state index in [9.17, 15) is 0 Å². The fourth-order valence-electron chi connectivity index (χ4n) is 2.54. The zero-order chi connectivity index (χ0) is 13.0. The second kappa shape index (κ2) is 16.0. The van der Waals surface area contributed by atoms with Crippen molar-refractivity contribution < 1.29 is 0 Å². The minimum Gasteiger partial charge on any atom is -0.0776 e. The molecule has 17 heavy (non-hydrogen) atoms. The molecule has 0 N–H and O–H groups in total. The first-order valence-corrected chi connectivity index (χ1v) is 7.72. The summed E-state index contributed by atoms with van der Waals surface area (Å²) in [7, 11) is 0. The molecule has 1 aliphatic carbocycles. The van der Waals surface area contributed by atoms with Gasteiger partial charge in [-0.15, -0.1) is 0 Å². The summed E-state index contributed by atoms with van der Waals surface area (Å²) in [5.41, 5.74) is 0. The van der Waals surface area contributed by atoms with E-state index in [4.69, 9.17) is 0 Å². The van der Waals surface area contributed by atoms with Crippen molar-refractivity contribution >= 4 is 0 Å². The Hall–Kier alpha value is 0. The molecule has 1 saturated carbocycles. The molecule has 0 aromatic rings. The van der Waals surface area contributed by atoms with Crippen molar-refractivity contribution in [2.45, 2.75) is 94.4 Å². The smallest absolute Gasteiger partial charge is 0.0412 e. The first-order valence-electron chi connectivity index (χ1n) is 7.72. The van der Waals surface area contributed by atoms with Crippen molar-refractivity contribution in [1.29, 1.82) is 0 Å². The Morgan fingerprint density at radius 2 is 1.18 bits per heavy atom. The van der Waals surface area contributed by atoms with Crippen molar-refractivity contribution in [3.05, 3.63) is 0 Å². The van der Waals surface area contributed by atoms with Crippen LogP contribution in [0.15, 0.2) is 0 Å². The largest absolute Gasteiger partial charge is 0.0776 e. The molecule has 108 valence electrons. The Labute approximate surface area is 113 Å². The van der Waals surface area contributed by atoms with E-state index in [1.165, 1.54) is 38.5 Å². The molecule has 0 unspecified atom stereocenters. The van der Waals surface area contributed by atoms with E-state index in [-0.39, 0.29) is 7.43 Å². The zero-order valence-electron chi connectivity index (χ0n) is 13.0. The highest BCUT2D eigenvalue weighted by Gasteiger charge is 2.20. The van der Waals surface area contributed by atoms with Crippen LogP contribution in [0, 0.1) is 17.8 Å². The van der Waals surface area contributed by atoms with Crippen LogP contribution >= 0.6 is 0 Å². The summed E-state index contributed by atoms with van der Waals surface area (Å²) in [6.45, 7) is 15.0. The standard InChI is InChI=1S/C12H24.2C2H6.CH4/c1-4-11-5-7-12(8-6-11)9-10(2)3;2*1-2;/h10-12H,4-9H2,1-3H3;2*1-2H3;1H4. The summed E-state index contributed by atoms with van der Waals surface area (Å²) >= 11 is 0. The summed E-state index contributed by atoms with van der Waals surface area (Å²) in [5.74, 6) is 3.04. The van der Waals surface area contributed by atoms with Crippen LogP contribution in [0.4, 0.5) is 0 Å². The van der Waals surface area contributed by atoms with Gasteiger partial charge in [-0.25, -0.2) is 0 Å². The number of hydrogen-bond acceptors (Lipinski definition) is 0. The molecule has 0 aromatic heterocycles. The second-order valence-electron chi connectivity index (χ2n) is 4.92. The van der Waals surface area contributed by atoms with Gasteiger partial charge in [-0.05, 0) is 24.2 Å². The summed E-state index contributed by atoms with van der Waals surface area (Å²) in [4.78, 5) is 0. The fourth-order valence-corrected chi connectivity index (χ4v) is 2.54. The molecule has 0 saturated heterocycles. The summed E-state index contributed by atoms with van der Waals surface area (Å²) in [5, 5.41) is 0. The lowest BCUT2D eigenvalue weighted by molar-refractivity contribution is 0.240. The van der Waals surface area contributed by atoms with Gasteiger partial charge in [-0.3, -0.25) is 0 Å². The highest BCUT2D eigenvalue weighted by Crippen LogP contribution is 2.33. The van der Waals surface area contributed by atoms with Gasteiger partial charge >= 0.3 is 0 Å². The number of rotatable bonds is 3. The quantitative estimate of drug-likeness (QED) is 0.504. The summed E-state index contributed by atoms with van der Waals surface area (Å²) in [6, 6.07) is 0. The third-order valence-electron chi connectivity index (χ3n) is 3.35. The minimum absolute atomic E-state index is 0. The molecule has 0 heterocycles. The predicted octanol–water partition coefficient (Wildman–Crippen LogP) is 6.94. The van der Waals surface area contributed by atoms with Crippen molar-refractivity contribution in [3.63, 3.8) is 0 Å². The molecule has 0 radical (unpaired) electrons. The molecule has 0 atom stereocenters. The maximum Gasteiger partial charge on any atom is -0.0412 e. The second-order valence-corrected chi connectivity index (χ2v) is 4.92. The molecule has 0 heteroatoms. The van der Waals surface area contributed by atoms with Gasteiger partial charge in [0.2, 0.25) is 0 Å². The predicted molar refractivity (Wildman–Crippen MR) is 84.6 cm³/mol. The lowest BCUT2D eigenvalue weighted by atomic mass is 9.78. The number of hydrogen-bond donors (Lipinski definition) is 0. The summed E-state index contributed by atoms with van der Waals surface area (Å²) < 4.78 is 0. The molecule has 0 aromatic carbocycles. The van der Waals surface area contributed by atoms with E-state index >= 15 is 0 Å². The van der Waals surface area contributed by atoms with E-state index in [2.05, 4.69) is 20.8 Å². The van der Waals surface area contributed by atoms with Gasteiger partial charge in [0.25, 0.3) is 0 Å². The van der Waals surface area contributed by atoms with E-state index in [0.29, 0.717) is 0 Å². The van der Waals surface area contributed by atoms with Gasteiger partial charge in [-0.1, -0.05) is 88.0 Å². The van der Waals surface area contributed by atoms with Gasteiger partial charge in [0.05, 0.1) is 0 Å². The van der Waals surface area contributed by atoms with Crippen LogP contribution in [0.25, 0.3) is 0 Å². The minimum atomic E-state index is 0. The maximum absolute atomic E-state index is 2.35. The van der Waals surface area contributed by atoms with E-state index < -0.39 is 0 Å². The normalized spacial score (nSPS) is 22.6. The van der Waals surface area contributed by atoms with Crippen molar-refractivity contribution in [3.8, 4) is 0 Å². The highest BCUT2D eigenvalue weighted by molar-refractivity contribution is 4.72. The van der Waals surface area contributed by atoms with Crippen LogP contribution in [0.1, 0.15) is 94.4 Å². The molecular weight excluding hydrogens is 204 g/mol. The van der Waals surface area contributed by atoms with Crippen LogP contribution in [0.2, 0.25) is 0 Å².